The highest BCUT2D eigenvalue weighted by molar-refractivity contribution is 6.30. The molecule has 0 atom stereocenters. The highest BCUT2D eigenvalue weighted by Gasteiger charge is 2.12. The minimum Gasteiger partial charge on any atom is -0.457 e. The maximum Gasteiger partial charge on any atom is 0.255 e. The third-order valence-corrected chi connectivity index (χ3v) is 8.00. The summed E-state index contributed by atoms with van der Waals surface area (Å²) in [5, 5.41) is 6.25. The summed E-state index contributed by atoms with van der Waals surface area (Å²) in [6.45, 7) is 0. The van der Waals surface area contributed by atoms with E-state index >= 15 is 0 Å². The van der Waals surface area contributed by atoms with Crippen LogP contribution in [0.4, 0.5) is 11.4 Å². The van der Waals surface area contributed by atoms with Crippen molar-refractivity contribution in [3.63, 3.8) is 0 Å². The predicted molar refractivity (Wildman–Crippen MR) is 206 cm³/mol. The number of halogens is 1. The first-order valence-electron chi connectivity index (χ1n) is 16.3. The van der Waals surface area contributed by atoms with Crippen molar-refractivity contribution in [1.29, 1.82) is 0 Å². The fourth-order valence-corrected chi connectivity index (χ4v) is 5.33. The second kappa shape index (κ2) is 16.7. The summed E-state index contributed by atoms with van der Waals surface area (Å²) >= 11 is 6.03. The van der Waals surface area contributed by atoms with Gasteiger partial charge in [0.25, 0.3) is 11.8 Å². The monoisotopic (exact) mass is 702 g/mol. The number of hydrogen-bond acceptors (Lipinski definition) is 5. The Balaban J connectivity index is 1.04. The lowest BCUT2D eigenvalue weighted by Crippen LogP contribution is -2.12. The van der Waals surface area contributed by atoms with E-state index in [9.17, 15) is 19.2 Å². The van der Waals surface area contributed by atoms with Gasteiger partial charge in [-0.05, 0) is 102 Å². The molecule has 0 spiro atoms. The smallest absolute Gasteiger partial charge is 0.255 e. The molecule has 0 aliphatic heterocycles. The number of amides is 2. The molecule has 2 N–H and O–H groups in total. The van der Waals surface area contributed by atoms with Crippen molar-refractivity contribution in [2.75, 3.05) is 10.6 Å². The highest BCUT2D eigenvalue weighted by Crippen LogP contribution is 2.24. The Morgan fingerprint density at radius 3 is 1.63 bits per heavy atom. The zero-order chi connectivity index (χ0) is 36.3. The molecular weight excluding hydrogens is 672 g/mol. The maximum atomic E-state index is 13.1. The molecule has 0 unspecified atom stereocenters. The number of nitrogens with one attached hydrogen (secondary N) is 2. The van der Waals surface area contributed by atoms with Gasteiger partial charge in [-0.3, -0.25) is 19.2 Å². The largest absolute Gasteiger partial charge is 0.457 e. The lowest BCUT2D eigenvalue weighted by atomic mass is 10.1. The van der Waals surface area contributed by atoms with Gasteiger partial charge in [0.15, 0.2) is 11.6 Å². The molecule has 0 radical (unpaired) electrons. The van der Waals surface area contributed by atoms with E-state index in [0.29, 0.717) is 50.2 Å². The number of ether oxygens (including phenoxy) is 1. The van der Waals surface area contributed by atoms with Crippen LogP contribution in [0.5, 0.6) is 11.5 Å². The van der Waals surface area contributed by atoms with Crippen molar-refractivity contribution in [2.45, 2.75) is 0 Å². The fourth-order valence-electron chi connectivity index (χ4n) is 5.13. The molecule has 8 heteroatoms. The lowest BCUT2D eigenvalue weighted by molar-refractivity contribution is 0.101. The molecule has 6 aromatic rings. The third kappa shape index (κ3) is 9.65. The zero-order valence-corrected chi connectivity index (χ0v) is 28.4. The van der Waals surface area contributed by atoms with Crippen LogP contribution in [-0.2, 0) is 0 Å². The number of hydrogen-bond donors (Lipinski definition) is 2. The zero-order valence-electron chi connectivity index (χ0n) is 27.7. The molecule has 0 aliphatic rings. The van der Waals surface area contributed by atoms with Gasteiger partial charge in [0, 0.05) is 38.7 Å². The molecule has 52 heavy (non-hydrogen) atoms. The minimum absolute atomic E-state index is 0.178. The van der Waals surface area contributed by atoms with Gasteiger partial charge in [0.2, 0.25) is 0 Å². The summed E-state index contributed by atoms with van der Waals surface area (Å²) < 4.78 is 5.97. The van der Waals surface area contributed by atoms with Gasteiger partial charge in [-0.2, -0.15) is 0 Å². The third-order valence-electron chi connectivity index (χ3n) is 7.76. The number of carbonyl (C=O) groups is 4. The van der Waals surface area contributed by atoms with Crippen LogP contribution in [0.2, 0.25) is 5.02 Å². The molecule has 0 saturated heterocycles. The number of allylic oxidation sites excluding steroid dienone is 2. The second-order valence-electron chi connectivity index (χ2n) is 11.6. The minimum atomic E-state index is -0.380. The van der Waals surface area contributed by atoms with Crippen molar-refractivity contribution in [2.24, 2.45) is 0 Å². The second-order valence-corrected chi connectivity index (χ2v) is 12.0. The van der Waals surface area contributed by atoms with Gasteiger partial charge in [0.05, 0.1) is 0 Å². The summed E-state index contributed by atoms with van der Waals surface area (Å²) in [4.78, 5) is 51.6. The molecule has 6 rings (SSSR count). The van der Waals surface area contributed by atoms with E-state index in [1.807, 2.05) is 36.4 Å². The van der Waals surface area contributed by atoms with Crippen LogP contribution in [0.15, 0.2) is 164 Å². The Morgan fingerprint density at radius 1 is 0.462 bits per heavy atom. The van der Waals surface area contributed by atoms with Gasteiger partial charge in [0.1, 0.15) is 11.5 Å². The van der Waals surface area contributed by atoms with Gasteiger partial charge in [-0.1, -0.05) is 96.5 Å². The Hall–Kier alpha value is -6.83. The summed E-state index contributed by atoms with van der Waals surface area (Å²) in [6.07, 6.45) is 6.40. The molecule has 2 amide bonds. The number of benzene rings is 6. The van der Waals surface area contributed by atoms with Crippen molar-refractivity contribution in [3.05, 3.63) is 202 Å². The Kier molecular flexibility index (Phi) is 11.3. The topological polar surface area (TPSA) is 102 Å². The first-order valence-corrected chi connectivity index (χ1v) is 16.6. The standard InChI is InChI=1S/C44H31ClN2O5/c45-36-14-4-10-31(26-36)19-25-42(49)34-12-6-16-38(28-34)47-44(51)35-13-7-17-40(29-35)52-39-22-20-32(21-23-39)43(50)46-37-15-5-11-33(27-37)41(48)24-18-30-8-2-1-3-9-30/h1-29H,(H,46,50)(H,47,51)/b24-18+,25-19+. The molecule has 254 valence electrons. The van der Waals surface area contributed by atoms with Crippen molar-refractivity contribution in [3.8, 4) is 11.5 Å². The molecule has 7 nitrogen and oxygen atoms in total. The van der Waals surface area contributed by atoms with E-state index in [1.165, 1.54) is 12.2 Å². The van der Waals surface area contributed by atoms with Gasteiger partial charge < -0.3 is 15.4 Å². The predicted octanol–water partition coefficient (Wildman–Crippen LogP) is 10.4. The van der Waals surface area contributed by atoms with Crippen LogP contribution in [-0.4, -0.2) is 23.4 Å². The maximum absolute atomic E-state index is 13.1. The van der Waals surface area contributed by atoms with E-state index < -0.39 is 0 Å². The molecule has 0 aromatic heterocycles. The number of ketones is 2. The Bertz CT molecular complexity index is 2310. The first kappa shape index (κ1) is 35.0. The van der Waals surface area contributed by atoms with E-state index in [4.69, 9.17) is 16.3 Å². The normalized spacial score (nSPS) is 10.9. The fraction of sp³-hybridized carbons (Fsp3) is 0. The average molecular weight is 703 g/mol. The van der Waals surface area contributed by atoms with Gasteiger partial charge in [-0.15, -0.1) is 0 Å². The quantitative estimate of drug-likeness (QED) is 0.0976. The van der Waals surface area contributed by atoms with Crippen molar-refractivity contribution < 1.29 is 23.9 Å². The molecule has 0 saturated carbocycles. The van der Waals surface area contributed by atoms with Crippen LogP contribution in [0, 0.1) is 0 Å². The number of rotatable bonds is 12. The molecule has 0 aliphatic carbocycles. The van der Waals surface area contributed by atoms with Crippen LogP contribution in [0.25, 0.3) is 12.2 Å². The number of anilines is 2. The summed E-state index contributed by atoms with van der Waals surface area (Å²) in [6, 6.07) is 43.4. The highest BCUT2D eigenvalue weighted by atomic mass is 35.5. The Labute approximate surface area is 305 Å². The Morgan fingerprint density at radius 2 is 1.00 bits per heavy atom. The van der Waals surface area contributed by atoms with E-state index in [2.05, 4.69) is 10.6 Å². The number of carbonyl (C=O) groups excluding carboxylic acids is 4. The average Bonchev–Trinajstić information content (AvgIpc) is 3.17. The summed E-state index contributed by atoms with van der Waals surface area (Å²) in [7, 11) is 0. The van der Waals surface area contributed by atoms with Gasteiger partial charge in [-0.25, -0.2) is 0 Å². The van der Waals surface area contributed by atoms with Gasteiger partial charge >= 0.3 is 0 Å². The van der Waals surface area contributed by atoms with E-state index in [1.54, 1.807) is 127 Å². The molecule has 6 aromatic carbocycles. The first-order chi connectivity index (χ1) is 25.3. The van der Waals surface area contributed by atoms with Crippen molar-refractivity contribution >= 4 is 58.5 Å². The molecular formula is C44H31ClN2O5. The van der Waals surface area contributed by atoms with Crippen molar-refractivity contribution in [1.82, 2.24) is 0 Å². The van der Waals surface area contributed by atoms with E-state index in [-0.39, 0.29) is 23.4 Å². The van der Waals surface area contributed by atoms with Crippen LogP contribution < -0.4 is 15.4 Å². The summed E-state index contributed by atoms with van der Waals surface area (Å²) in [5.41, 5.74) is 4.28. The molecule has 0 bridgehead atoms. The lowest BCUT2D eigenvalue weighted by Gasteiger charge is -2.10. The van der Waals surface area contributed by atoms with Crippen LogP contribution in [0.3, 0.4) is 0 Å². The SMILES string of the molecule is O=C(/C=C/c1ccccc1)c1cccc(NC(=O)c2ccc(Oc3cccc(C(=O)Nc4cccc(C(=O)/C=C/c5cccc(Cl)c5)c4)c3)cc2)c1. The van der Waals surface area contributed by atoms with Crippen LogP contribution >= 0.6 is 11.6 Å². The summed E-state index contributed by atoms with van der Waals surface area (Å²) in [5.74, 6) is -0.245. The van der Waals surface area contributed by atoms with E-state index in [0.717, 1.165) is 11.1 Å². The molecule has 0 fully saturated rings. The van der Waals surface area contributed by atoms with Crippen LogP contribution in [0.1, 0.15) is 52.6 Å². The molecule has 0 heterocycles.